The molecule has 3 N–H and O–H groups in total. The Kier molecular flexibility index (Phi) is 2.92. The average Bonchev–Trinajstić information content (AvgIpc) is 2.89. The van der Waals surface area contributed by atoms with Gasteiger partial charge in [0.2, 0.25) is 0 Å². The van der Waals surface area contributed by atoms with Crippen LogP contribution in [0.1, 0.15) is 4.88 Å². The van der Waals surface area contributed by atoms with Gasteiger partial charge in [0, 0.05) is 11.6 Å². The van der Waals surface area contributed by atoms with E-state index >= 15 is 0 Å². The first-order valence-corrected chi connectivity index (χ1v) is 6.44. The predicted octanol–water partition coefficient (Wildman–Crippen LogP) is 2.01. The van der Waals surface area contributed by atoms with Gasteiger partial charge in [0.15, 0.2) is 16.6 Å². The Labute approximate surface area is 114 Å². The largest absolute Gasteiger partial charge is 0.493 e. The van der Waals surface area contributed by atoms with Crippen LogP contribution in [0, 0.1) is 0 Å². The van der Waals surface area contributed by atoms with E-state index in [1.54, 1.807) is 14.2 Å². The molecule has 6 nitrogen and oxygen atoms in total. The Hall–Kier alpha value is -1.99. The highest BCUT2D eigenvalue weighted by molar-refractivity contribution is 7.16. The zero-order valence-corrected chi connectivity index (χ0v) is 11.3. The van der Waals surface area contributed by atoms with E-state index < -0.39 is 0 Å². The number of nitrogens with zero attached hydrogens (tertiary/aromatic N) is 1. The normalized spacial score (nSPS) is 12.2. The van der Waals surface area contributed by atoms with E-state index in [2.05, 4.69) is 10.4 Å². The lowest BCUT2D eigenvalue weighted by Gasteiger charge is -2.18. The fraction of sp³-hybridized carbons (Fsp3) is 0.250. The van der Waals surface area contributed by atoms with E-state index in [9.17, 15) is 0 Å². The minimum Gasteiger partial charge on any atom is -0.493 e. The number of rotatable bonds is 3. The Morgan fingerprint density at radius 1 is 1.32 bits per heavy atom. The van der Waals surface area contributed by atoms with Gasteiger partial charge < -0.3 is 14.2 Å². The summed E-state index contributed by atoms with van der Waals surface area (Å²) in [5.74, 6) is 7.41. The van der Waals surface area contributed by atoms with Crippen molar-refractivity contribution in [1.82, 2.24) is 4.98 Å². The molecule has 0 aliphatic carbocycles. The molecule has 2 aromatic rings. The number of hydrazine groups is 1. The number of methoxy groups -OCH3 is 2. The topological polar surface area (TPSA) is 78.6 Å². The lowest BCUT2D eigenvalue weighted by atomic mass is 10.1. The fourth-order valence-electron chi connectivity index (χ4n) is 2.03. The lowest BCUT2D eigenvalue weighted by molar-refractivity contribution is 0.299. The third kappa shape index (κ3) is 1.87. The highest BCUT2D eigenvalue weighted by atomic mass is 32.1. The van der Waals surface area contributed by atoms with Crippen molar-refractivity contribution in [1.29, 1.82) is 0 Å². The molecule has 1 aliphatic rings. The number of thiazole rings is 1. The SMILES string of the molecule is COc1cc2c(cc1OC)-c1nc(NN)sc1CO2. The lowest BCUT2D eigenvalue weighted by Crippen LogP contribution is -2.06. The van der Waals surface area contributed by atoms with Crippen LogP contribution in [0.4, 0.5) is 5.13 Å². The number of nitrogens with two attached hydrogens (primary N) is 1. The first-order chi connectivity index (χ1) is 9.26. The van der Waals surface area contributed by atoms with Gasteiger partial charge in [0.1, 0.15) is 12.4 Å². The molecule has 19 heavy (non-hydrogen) atoms. The highest BCUT2D eigenvalue weighted by Gasteiger charge is 2.24. The van der Waals surface area contributed by atoms with E-state index in [-0.39, 0.29) is 0 Å². The van der Waals surface area contributed by atoms with Crippen molar-refractivity contribution in [3.05, 3.63) is 17.0 Å². The maximum atomic E-state index is 5.72. The number of ether oxygens (including phenoxy) is 3. The van der Waals surface area contributed by atoms with Crippen molar-refractivity contribution in [2.24, 2.45) is 5.84 Å². The predicted molar refractivity (Wildman–Crippen MR) is 72.8 cm³/mol. The molecule has 1 aromatic carbocycles. The average molecular weight is 279 g/mol. The summed E-state index contributed by atoms with van der Waals surface area (Å²) >= 11 is 1.48. The zero-order chi connectivity index (χ0) is 13.4. The molecule has 3 rings (SSSR count). The number of aromatic nitrogens is 1. The molecule has 1 aromatic heterocycles. The summed E-state index contributed by atoms with van der Waals surface area (Å²) in [5, 5.41) is 0.663. The van der Waals surface area contributed by atoms with Gasteiger partial charge in [0.25, 0.3) is 0 Å². The summed E-state index contributed by atoms with van der Waals surface area (Å²) in [5.41, 5.74) is 4.32. The van der Waals surface area contributed by atoms with Crippen molar-refractivity contribution in [2.45, 2.75) is 6.61 Å². The van der Waals surface area contributed by atoms with Crippen LogP contribution in [0.25, 0.3) is 11.3 Å². The van der Waals surface area contributed by atoms with Gasteiger partial charge >= 0.3 is 0 Å². The molecule has 1 aliphatic heterocycles. The fourth-order valence-corrected chi connectivity index (χ4v) is 2.83. The molecule has 0 spiro atoms. The minimum absolute atomic E-state index is 0.483. The Bertz CT molecular complexity index is 627. The van der Waals surface area contributed by atoms with Crippen LogP contribution in [0.2, 0.25) is 0 Å². The van der Waals surface area contributed by atoms with Crippen molar-refractivity contribution < 1.29 is 14.2 Å². The second-order valence-corrected chi connectivity index (χ2v) is 5.01. The third-order valence-electron chi connectivity index (χ3n) is 2.92. The maximum Gasteiger partial charge on any atom is 0.197 e. The third-order valence-corrected chi connectivity index (χ3v) is 3.88. The maximum absolute atomic E-state index is 5.72. The first-order valence-electron chi connectivity index (χ1n) is 5.62. The van der Waals surface area contributed by atoms with E-state index in [4.69, 9.17) is 20.1 Å². The van der Waals surface area contributed by atoms with Gasteiger partial charge in [-0.1, -0.05) is 11.3 Å². The highest BCUT2D eigenvalue weighted by Crippen LogP contribution is 2.45. The van der Waals surface area contributed by atoms with E-state index in [1.807, 2.05) is 12.1 Å². The number of nitrogens with one attached hydrogen (secondary N) is 1. The van der Waals surface area contributed by atoms with Gasteiger partial charge in [-0.25, -0.2) is 10.8 Å². The monoisotopic (exact) mass is 279 g/mol. The number of anilines is 1. The van der Waals surface area contributed by atoms with E-state index in [0.717, 1.165) is 21.9 Å². The van der Waals surface area contributed by atoms with Crippen LogP contribution in [-0.4, -0.2) is 19.2 Å². The quantitative estimate of drug-likeness (QED) is 0.661. The zero-order valence-electron chi connectivity index (χ0n) is 10.5. The van der Waals surface area contributed by atoms with Gasteiger partial charge in [0.05, 0.1) is 24.8 Å². The Balaban J connectivity index is 2.16. The van der Waals surface area contributed by atoms with Crippen LogP contribution in [0.5, 0.6) is 17.2 Å². The number of nitrogen functional groups attached to an aromatic ring is 1. The summed E-state index contributed by atoms with van der Waals surface area (Å²) in [7, 11) is 3.19. The van der Waals surface area contributed by atoms with Crippen LogP contribution < -0.4 is 25.5 Å². The molecule has 0 fully saturated rings. The standard InChI is InChI=1S/C12H13N3O3S/c1-16-8-3-6-7(4-9(8)17-2)18-5-10-11(6)14-12(15-13)19-10/h3-4H,5,13H2,1-2H3,(H,14,15). The molecule has 0 bridgehead atoms. The van der Waals surface area contributed by atoms with Crippen LogP contribution in [0.15, 0.2) is 12.1 Å². The Morgan fingerprint density at radius 3 is 2.74 bits per heavy atom. The van der Waals surface area contributed by atoms with Gasteiger partial charge in [-0.15, -0.1) is 0 Å². The van der Waals surface area contributed by atoms with Crippen LogP contribution >= 0.6 is 11.3 Å². The van der Waals surface area contributed by atoms with Gasteiger partial charge in [-0.2, -0.15) is 0 Å². The molecule has 0 unspecified atom stereocenters. The molecule has 0 saturated heterocycles. The molecule has 7 heteroatoms. The molecular weight excluding hydrogens is 266 g/mol. The summed E-state index contributed by atoms with van der Waals surface area (Å²) in [6.45, 7) is 0.483. The Morgan fingerprint density at radius 2 is 2.05 bits per heavy atom. The number of fused-ring (bicyclic) bond motifs is 3. The molecular formula is C12H13N3O3S. The molecule has 2 heterocycles. The smallest absolute Gasteiger partial charge is 0.197 e. The molecule has 0 saturated carbocycles. The second kappa shape index (κ2) is 4.60. The summed E-state index contributed by atoms with van der Waals surface area (Å²) in [4.78, 5) is 5.48. The van der Waals surface area contributed by atoms with E-state index in [1.165, 1.54) is 11.3 Å². The molecule has 0 atom stereocenters. The summed E-state index contributed by atoms with van der Waals surface area (Å²) < 4.78 is 16.3. The van der Waals surface area contributed by atoms with Crippen molar-refractivity contribution in [3.63, 3.8) is 0 Å². The number of hydrogen-bond donors (Lipinski definition) is 2. The van der Waals surface area contributed by atoms with Gasteiger partial charge in [-0.05, 0) is 6.07 Å². The van der Waals surface area contributed by atoms with Crippen LogP contribution in [-0.2, 0) is 6.61 Å². The van der Waals surface area contributed by atoms with Gasteiger partial charge in [-0.3, -0.25) is 5.43 Å². The van der Waals surface area contributed by atoms with E-state index in [0.29, 0.717) is 23.2 Å². The summed E-state index contributed by atoms with van der Waals surface area (Å²) in [6.07, 6.45) is 0. The number of benzene rings is 1. The van der Waals surface area contributed by atoms with Crippen LogP contribution in [0.3, 0.4) is 0 Å². The molecule has 0 radical (unpaired) electrons. The van der Waals surface area contributed by atoms with Crippen molar-refractivity contribution in [2.75, 3.05) is 19.6 Å². The number of hydrogen-bond acceptors (Lipinski definition) is 7. The van der Waals surface area contributed by atoms with Crippen molar-refractivity contribution >= 4 is 16.5 Å². The first kappa shape index (κ1) is 12.1. The molecule has 0 amide bonds. The second-order valence-electron chi connectivity index (χ2n) is 3.93. The minimum atomic E-state index is 0.483. The summed E-state index contributed by atoms with van der Waals surface area (Å²) in [6, 6.07) is 3.68. The van der Waals surface area contributed by atoms with Crippen molar-refractivity contribution in [3.8, 4) is 28.5 Å². The molecule has 100 valence electrons.